The van der Waals surface area contributed by atoms with Crippen molar-refractivity contribution in [2.75, 3.05) is 6.54 Å². The molecule has 0 unspecified atom stereocenters. The number of non-ortho nitro benzene ring substituents is 1. The summed E-state index contributed by atoms with van der Waals surface area (Å²) in [7, 11) is -1.97. The molecule has 1 aromatic heterocycles. The van der Waals surface area contributed by atoms with Crippen molar-refractivity contribution in [3.8, 4) is 0 Å². The molecule has 0 atom stereocenters. The number of sulfonamides is 1. The van der Waals surface area contributed by atoms with Crippen molar-refractivity contribution < 1.29 is 13.3 Å². The standard InChI is InChI=1S/C16H20N4O4S/c1-11(2)16-17-15(10-18(16)3)25(23,24)19-7-6-12-4-5-14(20(21)22)8-13(12)9-19/h4-5,8,10-11H,6-7,9H2,1-3H3. The second-order valence-electron chi connectivity index (χ2n) is 6.50. The van der Waals surface area contributed by atoms with Crippen LogP contribution in [-0.4, -0.2) is 33.7 Å². The largest absolute Gasteiger partial charge is 0.336 e. The van der Waals surface area contributed by atoms with E-state index in [0.29, 0.717) is 24.4 Å². The van der Waals surface area contributed by atoms with Gasteiger partial charge in [-0.25, -0.2) is 13.4 Å². The molecule has 25 heavy (non-hydrogen) atoms. The number of rotatable bonds is 4. The third-order valence-electron chi connectivity index (χ3n) is 4.39. The first-order valence-corrected chi connectivity index (χ1v) is 9.43. The predicted molar refractivity (Wildman–Crippen MR) is 91.7 cm³/mol. The van der Waals surface area contributed by atoms with E-state index in [1.165, 1.54) is 22.6 Å². The third-order valence-corrected chi connectivity index (χ3v) is 6.11. The topological polar surface area (TPSA) is 98.3 Å². The fourth-order valence-electron chi connectivity index (χ4n) is 3.08. The summed E-state index contributed by atoms with van der Waals surface area (Å²) >= 11 is 0. The molecule has 0 saturated heterocycles. The number of hydrogen-bond acceptors (Lipinski definition) is 5. The summed E-state index contributed by atoms with van der Waals surface area (Å²) < 4.78 is 28.9. The number of nitro groups is 1. The third kappa shape index (κ3) is 3.16. The maximum atomic E-state index is 12.9. The summed E-state index contributed by atoms with van der Waals surface area (Å²) in [6, 6.07) is 4.61. The molecular weight excluding hydrogens is 344 g/mol. The minimum atomic E-state index is -3.74. The van der Waals surface area contributed by atoms with E-state index in [-0.39, 0.29) is 23.2 Å². The monoisotopic (exact) mass is 364 g/mol. The first-order valence-electron chi connectivity index (χ1n) is 7.99. The van der Waals surface area contributed by atoms with Crippen LogP contribution in [-0.2, 0) is 30.0 Å². The molecule has 0 fully saturated rings. The minimum Gasteiger partial charge on any atom is -0.336 e. The Kier molecular flexibility index (Phi) is 4.38. The molecule has 0 amide bonds. The molecule has 2 aromatic rings. The Bertz CT molecular complexity index is 934. The van der Waals surface area contributed by atoms with Crippen LogP contribution < -0.4 is 0 Å². The van der Waals surface area contributed by atoms with Gasteiger partial charge in [-0.05, 0) is 17.5 Å². The zero-order valence-corrected chi connectivity index (χ0v) is 15.2. The summed E-state index contributed by atoms with van der Waals surface area (Å²) in [5, 5.41) is 11.0. The highest BCUT2D eigenvalue weighted by atomic mass is 32.2. The normalized spacial score (nSPS) is 15.4. The first kappa shape index (κ1) is 17.6. The van der Waals surface area contributed by atoms with Crippen LogP contribution in [0.1, 0.15) is 36.7 Å². The highest BCUT2D eigenvalue weighted by Crippen LogP contribution is 2.28. The van der Waals surface area contributed by atoms with Crippen molar-refractivity contribution in [2.24, 2.45) is 7.05 Å². The number of aryl methyl sites for hydroxylation is 1. The van der Waals surface area contributed by atoms with Gasteiger partial charge in [-0.15, -0.1) is 0 Å². The molecule has 0 N–H and O–H groups in total. The van der Waals surface area contributed by atoms with E-state index in [1.807, 2.05) is 13.8 Å². The Morgan fingerprint density at radius 2 is 2.00 bits per heavy atom. The Hall–Kier alpha value is -2.26. The minimum absolute atomic E-state index is 0.0209. The van der Waals surface area contributed by atoms with E-state index >= 15 is 0 Å². The van der Waals surface area contributed by atoms with Crippen LogP contribution in [0.3, 0.4) is 0 Å². The van der Waals surface area contributed by atoms with Crippen molar-refractivity contribution in [1.82, 2.24) is 13.9 Å². The number of benzene rings is 1. The van der Waals surface area contributed by atoms with Crippen LogP contribution in [0.25, 0.3) is 0 Å². The summed E-state index contributed by atoms with van der Waals surface area (Å²) in [6.07, 6.45) is 2.05. The van der Waals surface area contributed by atoms with Crippen LogP contribution in [0.4, 0.5) is 5.69 Å². The number of fused-ring (bicyclic) bond motifs is 1. The zero-order valence-electron chi connectivity index (χ0n) is 14.3. The maximum absolute atomic E-state index is 12.9. The number of nitro benzene ring substituents is 1. The van der Waals surface area contributed by atoms with E-state index in [0.717, 1.165) is 5.56 Å². The van der Waals surface area contributed by atoms with Gasteiger partial charge in [0.1, 0.15) is 5.82 Å². The molecule has 8 nitrogen and oxygen atoms in total. The molecule has 0 radical (unpaired) electrons. The van der Waals surface area contributed by atoms with Crippen molar-refractivity contribution in [1.29, 1.82) is 0 Å². The van der Waals surface area contributed by atoms with Crippen LogP contribution in [0.2, 0.25) is 0 Å². The van der Waals surface area contributed by atoms with Crippen molar-refractivity contribution >= 4 is 15.7 Å². The van der Waals surface area contributed by atoms with Gasteiger partial charge in [-0.3, -0.25) is 10.1 Å². The second-order valence-corrected chi connectivity index (χ2v) is 8.39. The fourth-order valence-corrected chi connectivity index (χ4v) is 4.49. The molecule has 1 aromatic carbocycles. The highest BCUT2D eigenvalue weighted by Gasteiger charge is 2.31. The zero-order chi connectivity index (χ0) is 18.4. The van der Waals surface area contributed by atoms with Gasteiger partial charge in [0, 0.05) is 44.4 Å². The van der Waals surface area contributed by atoms with Crippen molar-refractivity contribution in [3.63, 3.8) is 0 Å². The molecule has 0 saturated carbocycles. The van der Waals surface area contributed by atoms with E-state index in [9.17, 15) is 18.5 Å². The molecule has 1 aliphatic heterocycles. The molecular formula is C16H20N4O4S. The Labute approximate surface area is 146 Å². The van der Waals surface area contributed by atoms with Gasteiger partial charge in [-0.2, -0.15) is 4.31 Å². The van der Waals surface area contributed by atoms with Gasteiger partial charge in [0.05, 0.1) is 4.92 Å². The van der Waals surface area contributed by atoms with Crippen LogP contribution in [0.5, 0.6) is 0 Å². The Balaban J connectivity index is 1.93. The van der Waals surface area contributed by atoms with Gasteiger partial charge in [0.25, 0.3) is 15.7 Å². The summed E-state index contributed by atoms with van der Waals surface area (Å²) in [5.41, 5.74) is 1.59. The molecule has 1 aliphatic rings. The van der Waals surface area contributed by atoms with Gasteiger partial charge in [-0.1, -0.05) is 19.9 Å². The van der Waals surface area contributed by atoms with Gasteiger partial charge in [0.15, 0.2) is 5.03 Å². The predicted octanol–water partition coefficient (Wildman–Crippen LogP) is 2.20. The van der Waals surface area contributed by atoms with E-state index < -0.39 is 14.9 Å². The highest BCUT2D eigenvalue weighted by molar-refractivity contribution is 7.89. The van der Waals surface area contributed by atoms with Crippen LogP contribution in [0, 0.1) is 10.1 Å². The molecule has 0 spiro atoms. The molecule has 2 heterocycles. The lowest BCUT2D eigenvalue weighted by Gasteiger charge is -2.27. The fraction of sp³-hybridized carbons (Fsp3) is 0.438. The SMILES string of the molecule is CC(C)c1nc(S(=O)(=O)N2CCc3ccc([N+](=O)[O-])cc3C2)cn1C. The molecule has 9 heteroatoms. The number of hydrogen-bond donors (Lipinski definition) is 0. The number of aromatic nitrogens is 2. The Morgan fingerprint density at radius 1 is 1.28 bits per heavy atom. The van der Waals surface area contributed by atoms with Gasteiger partial charge < -0.3 is 4.57 Å². The quantitative estimate of drug-likeness (QED) is 0.612. The first-order chi connectivity index (χ1) is 11.7. The maximum Gasteiger partial charge on any atom is 0.269 e. The van der Waals surface area contributed by atoms with E-state index in [4.69, 9.17) is 0 Å². The van der Waals surface area contributed by atoms with Gasteiger partial charge in [0.2, 0.25) is 0 Å². The molecule has 0 bridgehead atoms. The lowest BCUT2D eigenvalue weighted by Crippen LogP contribution is -2.36. The number of nitrogens with zero attached hydrogens (tertiary/aromatic N) is 4. The summed E-state index contributed by atoms with van der Waals surface area (Å²) in [6.45, 7) is 4.36. The van der Waals surface area contributed by atoms with Crippen molar-refractivity contribution in [3.05, 3.63) is 51.5 Å². The molecule has 0 aliphatic carbocycles. The van der Waals surface area contributed by atoms with Crippen LogP contribution in [0.15, 0.2) is 29.4 Å². The van der Waals surface area contributed by atoms with Crippen LogP contribution >= 0.6 is 0 Å². The average molecular weight is 364 g/mol. The molecule has 134 valence electrons. The molecule has 3 rings (SSSR count). The van der Waals surface area contributed by atoms with Gasteiger partial charge >= 0.3 is 0 Å². The Morgan fingerprint density at radius 3 is 2.60 bits per heavy atom. The lowest BCUT2D eigenvalue weighted by molar-refractivity contribution is -0.385. The van der Waals surface area contributed by atoms with Crippen molar-refractivity contribution in [2.45, 2.75) is 37.8 Å². The number of imidazole rings is 1. The lowest BCUT2D eigenvalue weighted by atomic mass is 10.0. The van der Waals surface area contributed by atoms with E-state index in [1.54, 1.807) is 17.7 Å². The smallest absolute Gasteiger partial charge is 0.269 e. The van der Waals surface area contributed by atoms with E-state index in [2.05, 4.69) is 4.98 Å². The summed E-state index contributed by atoms with van der Waals surface area (Å²) in [5.74, 6) is 0.810. The summed E-state index contributed by atoms with van der Waals surface area (Å²) in [4.78, 5) is 14.8. The second kappa shape index (κ2) is 6.23. The average Bonchev–Trinajstić information content (AvgIpc) is 2.96.